The zero-order chi connectivity index (χ0) is 14.7. The maximum absolute atomic E-state index is 11.9. The maximum atomic E-state index is 11.9. The van der Waals surface area contributed by atoms with Crippen molar-refractivity contribution < 1.29 is 9.53 Å². The molecule has 0 spiro atoms. The second-order valence-corrected chi connectivity index (χ2v) is 5.19. The molecule has 1 aliphatic heterocycles. The molecule has 0 saturated heterocycles. The highest BCUT2D eigenvalue weighted by molar-refractivity contribution is 6.33. The van der Waals surface area contributed by atoms with Crippen molar-refractivity contribution in [1.29, 1.82) is 0 Å². The molecule has 1 atom stereocenters. The van der Waals surface area contributed by atoms with Crippen molar-refractivity contribution >= 4 is 28.9 Å². The second kappa shape index (κ2) is 6.43. The summed E-state index contributed by atoms with van der Waals surface area (Å²) in [6.07, 6.45) is 0. The topological polar surface area (TPSA) is 53.6 Å². The number of anilines is 2. The number of benzene rings is 1. The molecule has 1 aromatic rings. The summed E-state index contributed by atoms with van der Waals surface area (Å²) in [7, 11) is 3.62. The first-order valence-electron chi connectivity index (χ1n) is 6.66. The molecular formula is C14H20ClN3O2. The summed E-state index contributed by atoms with van der Waals surface area (Å²) in [6, 6.07) is 3.47. The fraction of sp³-hybridized carbons (Fsp3) is 0.500. The Hall–Kier alpha value is -1.30. The first kappa shape index (κ1) is 15.1. The number of methoxy groups -OCH3 is 1. The lowest BCUT2D eigenvalue weighted by Crippen LogP contribution is -2.27. The van der Waals surface area contributed by atoms with Crippen molar-refractivity contribution in [1.82, 2.24) is 5.32 Å². The maximum Gasteiger partial charge on any atom is 0.246 e. The van der Waals surface area contributed by atoms with E-state index in [0.29, 0.717) is 11.6 Å². The number of hydrogen-bond acceptors (Lipinski definition) is 4. The minimum Gasteiger partial charge on any atom is -0.383 e. The monoisotopic (exact) mass is 297 g/mol. The molecule has 0 bridgehead atoms. The summed E-state index contributed by atoms with van der Waals surface area (Å²) in [5, 5.41) is 6.69. The molecule has 0 fully saturated rings. The van der Waals surface area contributed by atoms with Gasteiger partial charge in [-0.2, -0.15) is 0 Å². The van der Waals surface area contributed by atoms with E-state index in [-0.39, 0.29) is 11.9 Å². The Morgan fingerprint density at radius 3 is 2.90 bits per heavy atom. The highest BCUT2D eigenvalue weighted by atomic mass is 35.5. The van der Waals surface area contributed by atoms with Gasteiger partial charge in [0, 0.05) is 32.0 Å². The molecule has 20 heavy (non-hydrogen) atoms. The van der Waals surface area contributed by atoms with Gasteiger partial charge in [-0.15, -0.1) is 0 Å². The molecular weight excluding hydrogens is 278 g/mol. The summed E-state index contributed by atoms with van der Waals surface area (Å²) in [6.45, 7) is 4.06. The van der Waals surface area contributed by atoms with Crippen LogP contribution in [0.1, 0.15) is 18.5 Å². The molecule has 0 radical (unpaired) electrons. The van der Waals surface area contributed by atoms with Crippen LogP contribution in [0.15, 0.2) is 12.1 Å². The smallest absolute Gasteiger partial charge is 0.246 e. The van der Waals surface area contributed by atoms with E-state index in [1.165, 1.54) is 0 Å². The Bertz CT molecular complexity index is 507. The molecule has 2 rings (SSSR count). The largest absolute Gasteiger partial charge is 0.383 e. The zero-order valence-electron chi connectivity index (χ0n) is 12.0. The summed E-state index contributed by atoms with van der Waals surface area (Å²) in [5.41, 5.74) is 2.62. The molecule has 1 unspecified atom stereocenters. The number of ether oxygens (including phenoxy) is 1. The van der Waals surface area contributed by atoms with Gasteiger partial charge in [0.25, 0.3) is 0 Å². The van der Waals surface area contributed by atoms with Crippen LogP contribution in [0, 0.1) is 0 Å². The van der Waals surface area contributed by atoms with Crippen molar-refractivity contribution in [3.8, 4) is 0 Å². The van der Waals surface area contributed by atoms with E-state index in [9.17, 15) is 4.79 Å². The van der Waals surface area contributed by atoms with Crippen LogP contribution in [0.4, 0.5) is 11.4 Å². The summed E-state index contributed by atoms with van der Waals surface area (Å²) < 4.78 is 5.07. The number of nitrogens with one attached hydrogen (secondary N) is 2. The number of nitrogens with zero attached hydrogens (tertiary/aromatic N) is 1. The highest BCUT2D eigenvalue weighted by Crippen LogP contribution is 2.38. The molecule has 0 saturated carbocycles. The fourth-order valence-corrected chi connectivity index (χ4v) is 2.63. The molecule has 1 aliphatic rings. The van der Waals surface area contributed by atoms with Crippen molar-refractivity contribution in [2.75, 3.05) is 44.1 Å². The minimum absolute atomic E-state index is 0.0328. The molecule has 1 aromatic carbocycles. The molecule has 0 aromatic heterocycles. The lowest BCUT2D eigenvalue weighted by Gasteiger charge is -2.21. The number of halogens is 1. The Morgan fingerprint density at radius 1 is 1.50 bits per heavy atom. The van der Waals surface area contributed by atoms with Crippen LogP contribution in [-0.2, 0) is 9.53 Å². The van der Waals surface area contributed by atoms with Gasteiger partial charge in [0.2, 0.25) is 5.91 Å². The van der Waals surface area contributed by atoms with Crippen LogP contribution in [0.2, 0.25) is 5.02 Å². The third-order valence-electron chi connectivity index (χ3n) is 3.40. The van der Waals surface area contributed by atoms with E-state index >= 15 is 0 Å². The quantitative estimate of drug-likeness (QED) is 0.843. The van der Waals surface area contributed by atoms with Gasteiger partial charge in [-0.1, -0.05) is 18.5 Å². The zero-order valence-corrected chi connectivity index (χ0v) is 12.8. The van der Waals surface area contributed by atoms with Crippen molar-refractivity contribution in [2.24, 2.45) is 0 Å². The summed E-state index contributed by atoms with van der Waals surface area (Å²) in [5.74, 6) is -0.0328. The van der Waals surface area contributed by atoms with Gasteiger partial charge < -0.3 is 20.3 Å². The van der Waals surface area contributed by atoms with E-state index < -0.39 is 0 Å². The number of fused-ring (bicyclic) bond motifs is 1. The van der Waals surface area contributed by atoms with Gasteiger partial charge in [0.1, 0.15) is 6.04 Å². The van der Waals surface area contributed by atoms with Crippen LogP contribution in [0.3, 0.4) is 0 Å². The average molecular weight is 298 g/mol. The van der Waals surface area contributed by atoms with E-state index in [1.54, 1.807) is 7.11 Å². The van der Waals surface area contributed by atoms with Crippen molar-refractivity contribution in [3.63, 3.8) is 0 Å². The number of likely N-dealkylation sites (N-methyl/N-ethyl adjacent to an activating group) is 2. The van der Waals surface area contributed by atoms with Crippen LogP contribution in [0.5, 0.6) is 0 Å². The number of rotatable bonds is 6. The SMILES string of the molecule is CCNC1C(=O)Nc2cc(N(C)CCOC)c(Cl)cc21. The molecule has 0 aliphatic carbocycles. The van der Waals surface area contributed by atoms with E-state index in [0.717, 1.165) is 30.0 Å². The van der Waals surface area contributed by atoms with E-state index in [4.69, 9.17) is 16.3 Å². The molecule has 1 amide bonds. The van der Waals surface area contributed by atoms with E-state index in [1.807, 2.05) is 31.0 Å². The predicted octanol–water partition coefficient (Wildman–Crippen LogP) is 2.03. The van der Waals surface area contributed by atoms with Gasteiger partial charge in [-0.25, -0.2) is 0 Å². The van der Waals surface area contributed by atoms with Gasteiger partial charge >= 0.3 is 0 Å². The minimum atomic E-state index is -0.314. The lowest BCUT2D eigenvalue weighted by atomic mass is 10.1. The lowest BCUT2D eigenvalue weighted by molar-refractivity contribution is -0.117. The van der Waals surface area contributed by atoms with Crippen molar-refractivity contribution in [3.05, 3.63) is 22.7 Å². The summed E-state index contributed by atoms with van der Waals surface area (Å²) >= 11 is 6.35. The van der Waals surface area contributed by atoms with Crippen LogP contribution >= 0.6 is 11.6 Å². The van der Waals surface area contributed by atoms with E-state index in [2.05, 4.69) is 10.6 Å². The number of hydrogen-bond donors (Lipinski definition) is 2. The Labute approximate surface area is 124 Å². The standard InChI is InChI=1S/C14H20ClN3O2/c1-4-16-13-9-7-10(15)12(18(2)5-6-20-3)8-11(9)17-14(13)19/h7-8,13,16H,4-6H2,1-3H3,(H,17,19). The molecule has 5 nitrogen and oxygen atoms in total. The molecule has 6 heteroatoms. The molecule has 110 valence electrons. The molecule has 1 heterocycles. The van der Waals surface area contributed by atoms with Gasteiger partial charge in [0.15, 0.2) is 0 Å². The predicted molar refractivity (Wildman–Crippen MR) is 81.6 cm³/mol. The Balaban J connectivity index is 2.28. The summed E-state index contributed by atoms with van der Waals surface area (Å²) in [4.78, 5) is 13.9. The Kier molecular flexibility index (Phi) is 4.86. The van der Waals surface area contributed by atoms with Gasteiger partial charge in [0.05, 0.1) is 17.3 Å². The first-order valence-corrected chi connectivity index (χ1v) is 7.04. The van der Waals surface area contributed by atoms with Crippen LogP contribution in [0.25, 0.3) is 0 Å². The van der Waals surface area contributed by atoms with Crippen molar-refractivity contribution in [2.45, 2.75) is 13.0 Å². The Morgan fingerprint density at radius 2 is 2.25 bits per heavy atom. The number of amides is 1. The van der Waals surface area contributed by atoms with Gasteiger partial charge in [-0.05, 0) is 18.7 Å². The van der Waals surface area contributed by atoms with Crippen LogP contribution in [-0.4, -0.2) is 39.8 Å². The average Bonchev–Trinajstić information content (AvgIpc) is 2.72. The molecule has 2 N–H and O–H groups in total. The third kappa shape index (κ3) is 2.90. The fourth-order valence-electron chi connectivity index (χ4n) is 2.32. The third-order valence-corrected chi connectivity index (χ3v) is 3.70. The van der Waals surface area contributed by atoms with Gasteiger partial charge in [-0.3, -0.25) is 4.79 Å². The van der Waals surface area contributed by atoms with Crippen LogP contribution < -0.4 is 15.5 Å². The number of carbonyl (C=O) groups excluding carboxylic acids is 1. The second-order valence-electron chi connectivity index (χ2n) is 4.79. The highest BCUT2D eigenvalue weighted by Gasteiger charge is 2.31. The first-order chi connectivity index (χ1) is 9.58. The normalized spacial score (nSPS) is 17.0. The number of carbonyl (C=O) groups is 1.